The fourth-order valence-corrected chi connectivity index (χ4v) is 11.8. The largest absolute Gasteiger partial charge is 0.491 e. The summed E-state index contributed by atoms with van der Waals surface area (Å²) < 4.78 is 18.1. The molecular formula is C58H59N7O9. The lowest BCUT2D eigenvalue weighted by Crippen LogP contribution is -2.57. The van der Waals surface area contributed by atoms with Crippen molar-refractivity contribution >= 4 is 41.2 Å². The van der Waals surface area contributed by atoms with Crippen molar-refractivity contribution in [2.45, 2.75) is 56.1 Å². The van der Waals surface area contributed by atoms with Crippen LogP contribution in [-0.2, 0) is 23.9 Å². The van der Waals surface area contributed by atoms with Crippen molar-refractivity contribution < 1.29 is 43.3 Å². The molecule has 1 spiro atoms. The maximum atomic E-state index is 16.8. The Bertz CT molecular complexity index is 2940. The Morgan fingerprint density at radius 1 is 0.892 bits per heavy atom. The van der Waals surface area contributed by atoms with Gasteiger partial charge in [0.25, 0.3) is 0 Å². The summed E-state index contributed by atoms with van der Waals surface area (Å²) in [5, 5.41) is 18.4. The van der Waals surface area contributed by atoms with E-state index in [-0.39, 0.29) is 19.8 Å². The van der Waals surface area contributed by atoms with Crippen LogP contribution in [0.3, 0.4) is 0 Å². The first-order valence-corrected chi connectivity index (χ1v) is 25.2. The number of morpholine rings is 2. The van der Waals surface area contributed by atoms with Crippen LogP contribution in [0.2, 0.25) is 0 Å². The van der Waals surface area contributed by atoms with Crippen LogP contribution in [0.25, 0.3) is 0 Å². The number of anilines is 2. The van der Waals surface area contributed by atoms with Gasteiger partial charge < -0.3 is 45.9 Å². The van der Waals surface area contributed by atoms with E-state index in [2.05, 4.69) is 44.8 Å². The van der Waals surface area contributed by atoms with Crippen molar-refractivity contribution in [3.05, 3.63) is 173 Å². The number of ether oxygens (including phenoxy) is 3. The van der Waals surface area contributed by atoms with Crippen LogP contribution in [0, 0.1) is 29.1 Å². The van der Waals surface area contributed by atoms with E-state index in [1.54, 1.807) is 36.4 Å². The molecule has 4 aliphatic heterocycles. The van der Waals surface area contributed by atoms with E-state index in [1.807, 2.05) is 109 Å². The van der Waals surface area contributed by atoms with Gasteiger partial charge in [-0.2, -0.15) is 0 Å². The van der Waals surface area contributed by atoms with Crippen molar-refractivity contribution in [3.63, 3.8) is 0 Å². The number of rotatable bonds is 12. The summed E-state index contributed by atoms with van der Waals surface area (Å²) in [5.41, 5.74) is 8.19. The first-order chi connectivity index (χ1) is 36.1. The molecule has 16 nitrogen and oxygen atoms in total. The molecule has 0 radical (unpaired) electrons. The second-order valence-corrected chi connectivity index (χ2v) is 19.2. The first kappa shape index (κ1) is 49.6. The number of likely N-dealkylation sites (tertiary alicyclic amines) is 1. The fraction of sp³-hybridized carbons (Fsp3) is 0.328. The summed E-state index contributed by atoms with van der Waals surface area (Å²) in [6.45, 7) is 4.17. The number of cyclic esters (lactones) is 1. The lowest BCUT2D eigenvalue weighted by molar-refractivity contribution is -0.174. The third-order valence-corrected chi connectivity index (χ3v) is 14.9. The van der Waals surface area contributed by atoms with Gasteiger partial charge in [0.2, 0.25) is 11.8 Å². The van der Waals surface area contributed by atoms with Crippen molar-refractivity contribution in [2.75, 3.05) is 56.3 Å². The van der Waals surface area contributed by atoms with Gasteiger partial charge in [0.1, 0.15) is 24.5 Å². The second-order valence-electron chi connectivity index (χ2n) is 19.2. The number of nitrogens with two attached hydrogens (primary N) is 1. The van der Waals surface area contributed by atoms with Crippen LogP contribution in [0.4, 0.5) is 21.0 Å². The number of primary amides is 1. The second kappa shape index (κ2) is 21.6. The Balaban J connectivity index is 1.20. The number of aliphatic hydroxyl groups is 1. The van der Waals surface area contributed by atoms with Gasteiger partial charge in [-0.3, -0.25) is 24.2 Å². The van der Waals surface area contributed by atoms with Gasteiger partial charge in [-0.15, -0.1) is 0 Å². The third kappa shape index (κ3) is 9.45. The summed E-state index contributed by atoms with van der Waals surface area (Å²) in [6.07, 6.45) is 12.1. The minimum Gasteiger partial charge on any atom is -0.491 e. The number of aliphatic hydroxyl groups excluding tert-OH is 1. The Kier molecular flexibility index (Phi) is 14.5. The number of hydrogen-bond acceptors (Lipinski definition) is 11. The van der Waals surface area contributed by atoms with E-state index in [0.29, 0.717) is 60.9 Å². The number of nitrogens with zero attached hydrogens (tertiary/aromatic N) is 3. The normalized spacial score (nSPS) is 26.4. The average molecular weight is 998 g/mol. The number of fused-ring (bicyclic) bond motifs is 3. The molecule has 0 bridgehead atoms. The van der Waals surface area contributed by atoms with E-state index >= 15 is 19.2 Å². The van der Waals surface area contributed by atoms with Crippen LogP contribution in [-0.4, -0.2) is 109 Å². The van der Waals surface area contributed by atoms with Crippen LogP contribution in [0.15, 0.2) is 157 Å². The molecule has 74 heavy (non-hydrogen) atoms. The molecule has 2 aliphatic carbocycles. The smallest absolute Gasteiger partial charge is 0.325 e. The minimum absolute atomic E-state index is 0.0351. The Morgan fingerprint density at radius 2 is 1.62 bits per heavy atom. The first-order valence-electron chi connectivity index (χ1n) is 25.2. The maximum absolute atomic E-state index is 16.8. The number of hydrogen-bond donors (Lipinski definition) is 5. The van der Waals surface area contributed by atoms with Gasteiger partial charge in [-0.1, -0.05) is 115 Å². The molecule has 0 saturated carbocycles. The molecule has 10 rings (SSSR count). The lowest BCUT2D eigenvalue weighted by atomic mass is 9.60. The summed E-state index contributed by atoms with van der Waals surface area (Å²) in [7, 11) is 0. The summed E-state index contributed by atoms with van der Waals surface area (Å²) >= 11 is 0. The van der Waals surface area contributed by atoms with E-state index in [4.69, 9.17) is 19.9 Å². The molecule has 6 aliphatic rings. The Hall–Kier alpha value is -7.97. The SMILES string of the molecule is C[C@@H](NC(=O)N1C(=O)[C@@]2(C3C=C(C#CCNC(N)=O)C=CC31)[C@H](c1ccc(OCCO)cc1)N1[C@H](C3=CCCC=C3)[C@H](c3ccccc3)OC(=O)[C@H]1[C@@H]2C(=O)Nc1ccc(N2CCOCC2)cc1)c1ccccc1. The Morgan fingerprint density at radius 3 is 2.31 bits per heavy atom. The van der Waals surface area contributed by atoms with Crippen LogP contribution in [0.5, 0.6) is 5.75 Å². The van der Waals surface area contributed by atoms with Crippen LogP contribution >= 0.6 is 0 Å². The van der Waals surface area contributed by atoms with Gasteiger partial charge in [0, 0.05) is 36.0 Å². The maximum Gasteiger partial charge on any atom is 0.325 e. The van der Waals surface area contributed by atoms with E-state index in [0.717, 1.165) is 23.2 Å². The van der Waals surface area contributed by atoms with E-state index < -0.39 is 83.4 Å². The molecule has 380 valence electrons. The molecule has 16 heteroatoms. The number of nitrogens with one attached hydrogen (secondary N) is 3. The van der Waals surface area contributed by atoms with Gasteiger partial charge in [0.05, 0.1) is 61.9 Å². The number of urea groups is 2. The highest BCUT2D eigenvalue weighted by Gasteiger charge is 2.78. The highest BCUT2D eigenvalue weighted by Crippen LogP contribution is 2.67. The Labute approximate surface area is 429 Å². The molecule has 4 saturated heterocycles. The molecule has 0 aromatic heterocycles. The van der Waals surface area contributed by atoms with Crippen molar-refractivity contribution in [3.8, 4) is 17.6 Å². The summed E-state index contributed by atoms with van der Waals surface area (Å²) in [5.74, 6) is 2.01. The highest BCUT2D eigenvalue weighted by molar-refractivity contribution is 6.08. The molecular weight excluding hydrogens is 939 g/mol. The van der Waals surface area contributed by atoms with Crippen molar-refractivity contribution in [1.82, 2.24) is 20.4 Å². The zero-order valence-electron chi connectivity index (χ0n) is 41.0. The number of amides is 6. The highest BCUT2D eigenvalue weighted by atomic mass is 16.6. The standard InChI is InChI=1S/C58H59N7O9/c1-37(39-13-5-2-6-14-39)61-57(71)64-47-28-19-38(12-11-29-60-56(59)70)36-46(47)58(55(64)69)48(53(67)62-43-22-24-44(25-23-43)63-30-33-72-34-31-63)50-54(68)74-51(41-17-9-4-10-18-41)49(40-15-7-3-8-16-40)65(50)52(58)42-20-26-45(27-21-42)73-35-32-66/h2,4-7,9-10,13-28,36-37,46-52,66H,3,8,29-35H2,1H3,(H,61,71)(H,62,67)(H3,59,60,70)/t37-,46?,47?,48-,49-,50-,51+,52+,58-/m1/s1. The number of carbonyl (C=O) groups excluding carboxylic acids is 5. The van der Waals surface area contributed by atoms with Gasteiger partial charge in [-0.25, -0.2) is 9.59 Å². The van der Waals surface area contributed by atoms with Crippen LogP contribution < -0.4 is 31.3 Å². The predicted molar refractivity (Wildman–Crippen MR) is 277 cm³/mol. The summed E-state index contributed by atoms with van der Waals surface area (Å²) in [6, 6.07) is 27.2. The number of benzene rings is 4. The summed E-state index contributed by atoms with van der Waals surface area (Å²) in [4.78, 5) is 80.8. The number of esters is 1. The fourth-order valence-electron chi connectivity index (χ4n) is 11.8. The molecule has 9 atom stereocenters. The molecule has 4 aromatic rings. The van der Waals surface area contributed by atoms with Crippen molar-refractivity contribution in [2.24, 2.45) is 23.0 Å². The minimum atomic E-state index is -1.95. The van der Waals surface area contributed by atoms with Crippen molar-refractivity contribution in [1.29, 1.82) is 0 Å². The quantitative estimate of drug-likeness (QED) is 0.0791. The average Bonchev–Trinajstić information content (AvgIpc) is 3.97. The number of carbonyl (C=O) groups is 5. The molecule has 6 amide bonds. The van der Waals surface area contributed by atoms with Gasteiger partial charge >= 0.3 is 18.0 Å². The van der Waals surface area contributed by atoms with Gasteiger partial charge in [0.15, 0.2) is 0 Å². The number of allylic oxidation sites excluding steroid dienone is 4. The van der Waals surface area contributed by atoms with Gasteiger partial charge in [-0.05, 0) is 84.5 Å². The molecule has 4 heterocycles. The molecule has 4 aromatic carbocycles. The van der Waals surface area contributed by atoms with E-state index in [9.17, 15) is 9.90 Å². The molecule has 2 unspecified atom stereocenters. The lowest BCUT2D eigenvalue weighted by Gasteiger charge is -2.47. The van der Waals surface area contributed by atoms with E-state index in [1.165, 1.54) is 4.90 Å². The van der Waals surface area contributed by atoms with Crippen LogP contribution in [0.1, 0.15) is 54.6 Å². The topological polar surface area (TPSA) is 205 Å². The molecule has 4 fully saturated rings. The third-order valence-electron chi connectivity index (χ3n) is 14.9. The monoisotopic (exact) mass is 997 g/mol. The zero-order valence-corrected chi connectivity index (χ0v) is 41.0. The molecule has 6 N–H and O–H groups in total. The number of imide groups is 1. The predicted octanol–water partition coefficient (Wildman–Crippen LogP) is 6.27. The zero-order chi connectivity index (χ0) is 51.3.